The van der Waals surface area contributed by atoms with Gasteiger partial charge in [0.2, 0.25) is 0 Å². The van der Waals surface area contributed by atoms with Crippen molar-refractivity contribution in [2.75, 3.05) is 0 Å². The summed E-state index contributed by atoms with van der Waals surface area (Å²) < 4.78 is 0. The van der Waals surface area contributed by atoms with E-state index in [4.69, 9.17) is 0 Å². The third-order valence-corrected chi connectivity index (χ3v) is 7.90. The van der Waals surface area contributed by atoms with Crippen molar-refractivity contribution >= 4 is 0 Å². The minimum absolute atomic E-state index is 0. The average molecular weight is 712 g/mol. The fourth-order valence-corrected chi connectivity index (χ4v) is 5.39. The van der Waals surface area contributed by atoms with Crippen LogP contribution in [-0.4, -0.2) is 0 Å². The molecule has 2 heteroatoms. The van der Waals surface area contributed by atoms with Crippen LogP contribution in [0.25, 0.3) is 0 Å². The second kappa shape index (κ2) is 38.3. The molecule has 0 unspecified atom stereocenters. The van der Waals surface area contributed by atoms with Crippen molar-refractivity contribution in [1.29, 1.82) is 0 Å². The van der Waals surface area contributed by atoms with Gasteiger partial charge in [-0.1, -0.05) is 116 Å². The molecule has 0 bridgehead atoms. The van der Waals surface area contributed by atoms with Gasteiger partial charge in [-0.25, -0.2) is 0 Å². The Bertz CT molecular complexity index is 197. The number of rotatable bonds is 0. The zero-order chi connectivity index (χ0) is 25.5. The van der Waals surface area contributed by atoms with Crippen LogP contribution in [-0.2, 0) is 40.8 Å². The monoisotopic (exact) mass is 710 g/mol. The van der Waals surface area contributed by atoms with Crippen LogP contribution < -0.4 is 0 Å². The predicted molar refractivity (Wildman–Crippen MR) is 164 cm³/mol. The Hall–Kier alpha value is 1.32. The van der Waals surface area contributed by atoms with Crippen molar-refractivity contribution in [1.82, 2.24) is 0 Å². The topological polar surface area (TPSA) is 0 Å². The smallest absolute Gasteiger partial charge is 0 e. The van der Waals surface area contributed by atoms with Crippen LogP contribution in [0.15, 0.2) is 0 Å². The standard InChI is InChI=1S/6C6H11.2Pd/c6*1-2-4-6-5-3-1;;/h6*1H,2-6H2;;/q6*-1;;. The van der Waals surface area contributed by atoms with Gasteiger partial charge < -0.3 is 38.5 Å². The maximum Gasteiger partial charge on any atom is 0 e. The molecule has 236 valence electrons. The first-order chi connectivity index (χ1) is 18.0. The van der Waals surface area contributed by atoms with Crippen molar-refractivity contribution in [3.63, 3.8) is 0 Å². The van der Waals surface area contributed by atoms with Crippen molar-refractivity contribution in [3.05, 3.63) is 38.5 Å². The quantitative estimate of drug-likeness (QED) is 0.173. The molecule has 0 N–H and O–H groups in total. The Morgan fingerprint density at radius 1 is 0.158 bits per heavy atom. The molecule has 0 aromatic rings. The molecular formula is C36H66Pd2-6. The molecule has 38 heavy (non-hydrogen) atoms. The molecule has 6 fully saturated rings. The van der Waals surface area contributed by atoms with Gasteiger partial charge in [0.05, 0.1) is 0 Å². The summed E-state index contributed by atoms with van der Waals surface area (Å²) in [5.74, 6) is 0. The van der Waals surface area contributed by atoms with E-state index in [-0.39, 0.29) is 40.8 Å². The summed E-state index contributed by atoms with van der Waals surface area (Å²) >= 11 is 0. The van der Waals surface area contributed by atoms with E-state index < -0.39 is 0 Å². The molecule has 0 spiro atoms. The first-order valence-electron chi connectivity index (χ1n) is 16.9. The molecule has 6 rings (SSSR count). The van der Waals surface area contributed by atoms with E-state index in [0.29, 0.717) is 0 Å². The molecule has 0 aromatic heterocycles. The van der Waals surface area contributed by atoms with Gasteiger partial charge in [0.15, 0.2) is 0 Å². The van der Waals surface area contributed by atoms with Gasteiger partial charge in [-0.15, -0.1) is 0 Å². The molecule has 6 saturated carbocycles. The third-order valence-electron chi connectivity index (χ3n) is 7.90. The van der Waals surface area contributed by atoms with Crippen molar-refractivity contribution < 1.29 is 40.8 Å². The van der Waals surface area contributed by atoms with Crippen molar-refractivity contribution in [3.8, 4) is 0 Å². The van der Waals surface area contributed by atoms with Crippen molar-refractivity contribution in [2.45, 2.75) is 193 Å². The molecule has 0 aliphatic heterocycles. The molecule has 0 aromatic carbocycles. The van der Waals surface area contributed by atoms with Crippen LogP contribution in [0.5, 0.6) is 0 Å². The number of hydrogen-bond donors (Lipinski definition) is 0. The van der Waals surface area contributed by atoms with Gasteiger partial charge in [-0.2, -0.15) is 77.0 Å². The molecule has 0 saturated heterocycles. The summed E-state index contributed by atoms with van der Waals surface area (Å²) in [5.41, 5.74) is 0. The van der Waals surface area contributed by atoms with Crippen LogP contribution in [0.1, 0.15) is 193 Å². The van der Waals surface area contributed by atoms with Gasteiger partial charge in [-0.3, -0.25) is 0 Å². The fraction of sp³-hybridized carbons (Fsp3) is 0.833. The second-order valence-corrected chi connectivity index (χ2v) is 11.6. The van der Waals surface area contributed by atoms with Gasteiger partial charge in [0.1, 0.15) is 0 Å². The Balaban J connectivity index is 0. The predicted octanol–water partition coefficient (Wildman–Crippen LogP) is 12.9. The first kappa shape index (κ1) is 41.5. The summed E-state index contributed by atoms with van der Waals surface area (Å²) in [4.78, 5) is 0. The summed E-state index contributed by atoms with van der Waals surface area (Å²) in [6.07, 6.45) is 57.0. The van der Waals surface area contributed by atoms with Crippen LogP contribution >= 0.6 is 0 Å². The van der Waals surface area contributed by atoms with Gasteiger partial charge in [0.25, 0.3) is 0 Å². The average Bonchev–Trinajstić information content (AvgIpc) is 3.04. The van der Waals surface area contributed by atoms with Gasteiger partial charge >= 0.3 is 0 Å². The Morgan fingerprint density at radius 3 is 0.289 bits per heavy atom. The van der Waals surface area contributed by atoms with E-state index in [9.17, 15) is 0 Å². The molecular weight excluding hydrogens is 645 g/mol. The molecule has 0 nitrogen and oxygen atoms in total. The third kappa shape index (κ3) is 35.4. The van der Waals surface area contributed by atoms with E-state index in [0.717, 1.165) is 0 Å². The maximum atomic E-state index is 2.39. The normalized spacial score (nSPS) is 22.7. The summed E-state index contributed by atoms with van der Waals surface area (Å²) in [6.45, 7) is 0. The van der Waals surface area contributed by atoms with Crippen LogP contribution in [0.2, 0.25) is 0 Å². The first-order valence-corrected chi connectivity index (χ1v) is 16.9. The van der Waals surface area contributed by atoms with Gasteiger partial charge in [0, 0.05) is 40.8 Å². The molecule has 0 heterocycles. The second-order valence-electron chi connectivity index (χ2n) is 11.6. The summed E-state index contributed by atoms with van der Waals surface area (Å²) in [6, 6.07) is 0. The van der Waals surface area contributed by atoms with E-state index in [2.05, 4.69) is 38.5 Å². The molecule has 0 radical (unpaired) electrons. The van der Waals surface area contributed by atoms with Gasteiger partial charge in [-0.05, 0) is 0 Å². The minimum atomic E-state index is 0. The maximum absolute atomic E-state index is 2.39. The van der Waals surface area contributed by atoms with E-state index in [1.54, 1.807) is 0 Å². The molecule has 0 atom stereocenters. The van der Waals surface area contributed by atoms with Crippen LogP contribution in [0.3, 0.4) is 0 Å². The number of hydrogen-bond acceptors (Lipinski definition) is 0. The zero-order valence-corrected chi connectivity index (χ0v) is 28.4. The van der Waals surface area contributed by atoms with Crippen LogP contribution in [0, 0.1) is 38.5 Å². The fourth-order valence-electron chi connectivity index (χ4n) is 5.39. The van der Waals surface area contributed by atoms with E-state index in [1.165, 1.54) is 193 Å². The summed E-state index contributed by atoms with van der Waals surface area (Å²) in [5, 5.41) is 0. The Labute approximate surface area is 270 Å². The minimum Gasteiger partial charge on any atom is -0.328 e. The van der Waals surface area contributed by atoms with Crippen LogP contribution in [0.4, 0.5) is 0 Å². The Morgan fingerprint density at radius 2 is 0.263 bits per heavy atom. The van der Waals surface area contributed by atoms with E-state index >= 15 is 0 Å². The molecule has 6 aliphatic carbocycles. The molecule has 6 aliphatic rings. The largest absolute Gasteiger partial charge is 0.328 e. The zero-order valence-electron chi connectivity index (χ0n) is 25.3. The van der Waals surface area contributed by atoms with Crippen molar-refractivity contribution in [2.24, 2.45) is 0 Å². The summed E-state index contributed by atoms with van der Waals surface area (Å²) in [7, 11) is 0. The Kier molecular flexibility index (Phi) is 41.8. The SMILES string of the molecule is [CH-]1CCCCC1.[CH-]1CCCCC1.[CH-]1CCCCC1.[CH-]1CCCCC1.[CH-]1CCCCC1.[CH-]1CCCCC1.[Pd].[Pd]. The molecule has 0 amide bonds. The van der Waals surface area contributed by atoms with E-state index in [1.807, 2.05) is 0 Å².